The summed E-state index contributed by atoms with van der Waals surface area (Å²) in [6, 6.07) is 40.1. The summed E-state index contributed by atoms with van der Waals surface area (Å²) in [5.41, 5.74) is 16.2. The average Bonchev–Trinajstić information content (AvgIpc) is 3.52. The number of hydrogen-bond acceptors (Lipinski definition) is 2. The second-order valence-electron chi connectivity index (χ2n) is 20.4. The molecule has 0 N–H and O–H groups in total. The predicted octanol–water partition coefficient (Wildman–Crippen LogP) is 12.7. The Bertz CT molecular complexity index is 2490. The largest absolute Gasteiger partial charge is 0.457 e. The molecule has 2 heteroatoms. The van der Waals surface area contributed by atoms with E-state index in [0.29, 0.717) is 11.3 Å². The zero-order valence-corrected chi connectivity index (χ0v) is 32.0. The quantitative estimate of drug-likeness (QED) is 0.187. The van der Waals surface area contributed by atoms with Gasteiger partial charge in [0, 0.05) is 33.3 Å². The van der Waals surface area contributed by atoms with Gasteiger partial charge < -0.3 is 9.64 Å². The van der Waals surface area contributed by atoms with Crippen LogP contribution in [0.4, 0.5) is 17.1 Å². The van der Waals surface area contributed by atoms with Crippen LogP contribution in [0.1, 0.15) is 101 Å². The molecule has 0 aromatic heterocycles. The second kappa shape index (κ2) is 8.97. The third-order valence-corrected chi connectivity index (χ3v) is 17.2. The topological polar surface area (TPSA) is 12.5 Å². The molecule has 5 aromatic carbocycles. The van der Waals surface area contributed by atoms with Gasteiger partial charge in [-0.2, -0.15) is 0 Å². The van der Waals surface area contributed by atoms with Crippen LogP contribution in [0.2, 0.25) is 0 Å². The van der Waals surface area contributed by atoms with Crippen molar-refractivity contribution in [1.29, 1.82) is 0 Å². The van der Waals surface area contributed by atoms with Crippen molar-refractivity contribution in [1.82, 2.24) is 0 Å². The van der Waals surface area contributed by atoms with E-state index in [1.54, 1.807) is 0 Å². The molecule has 2 bridgehead atoms. The molecule has 0 saturated heterocycles. The number of para-hydroxylation sites is 1. The normalized spacial score (nSPS) is 34.7. The smallest absolute Gasteiger partial charge is 0.133 e. The van der Waals surface area contributed by atoms with E-state index in [2.05, 4.69) is 150 Å². The highest BCUT2D eigenvalue weighted by Gasteiger charge is 2.98. The Labute approximate surface area is 314 Å². The number of benzene rings is 5. The van der Waals surface area contributed by atoms with Crippen LogP contribution in [-0.2, 0) is 21.7 Å². The van der Waals surface area contributed by atoms with Crippen LogP contribution in [0.5, 0.6) is 11.5 Å². The Balaban J connectivity index is 1.08. The Kier molecular flexibility index (Phi) is 5.09. The molecule has 8 aliphatic rings. The Morgan fingerprint density at radius 2 is 1.28 bits per heavy atom. The molecule has 5 saturated carbocycles. The van der Waals surface area contributed by atoms with Crippen LogP contribution in [0.15, 0.2) is 103 Å². The number of rotatable bonds is 3. The summed E-state index contributed by atoms with van der Waals surface area (Å²) in [6.07, 6.45) is 5.29. The molecule has 53 heavy (non-hydrogen) atoms. The summed E-state index contributed by atoms with van der Waals surface area (Å²) in [4.78, 5) is 2.67. The van der Waals surface area contributed by atoms with Crippen molar-refractivity contribution in [3.63, 3.8) is 0 Å². The predicted molar refractivity (Wildman–Crippen MR) is 214 cm³/mol. The molecule has 1 heterocycles. The lowest BCUT2D eigenvalue weighted by Crippen LogP contribution is -2.72. The molecule has 8 atom stereocenters. The summed E-state index contributed by atoms with van der Waals surface area (Å²) in [5, 5.41) is 0. The summed E-state index contributed by atoms with van der Waals surface area (Å²) < 4.78 is 7.05. The third kappa shape index (κ3) is 3.15. The Morgan fingerprint density at radius 3 is 2.09 bits per heavy atom. The molecule has 7 aliphatic carbocycles. The van der Waals surface area contributed by atoms with E-state index in [1.807, 2.05) is 0 Å². The molecule has 5 aromatic rings. The van der Waals surface area contributed by atoms with Crippen LogP contribution in [0.3, 0.4) is 0 Å². The van der Waals surface area contributed by atoms with Gasteiger partial charge in [0.25, 0.3) is 0 Å². The number of ether oxygens (including phenoxy) is 1. The summed E-state index contributed by atoms with van der Waals surface area (Å²) in [7, 11) is 0. The van der Waals surface area contributed by atoms with Gasteiger partial charge in [0.2, 0.25) is 0 Å². The molecule has 0 amide bonds. The van der Waals surface area contributed by atoms with Gasteiger partial charge in [0.05, 0.1) is 5.69 Å². The molecule has 1 aliphatic heterocycles. The van der Waals surface area contributed by atoms with Crippen LogP contribution in [0.25, 0.3) is 11.1 Å². The van der Waals surface area contributed by atoms with Gasteiger partial charge in [-0.25, -0.2) is 0 Å². The Morgan fingerprint density at radius 1 is 0.604 bits per heavy atom. The number of hydrogen-bond donors (Lipinski definition) is 0. The molecule has 264 valence electrons. The molecular weight excluding hydrogens is 643 g/mol. The lowest BCUT2D eigenvalue weighted by molar-refractivity contribution is -0.200. The van der Waals surface area contributed by atoms with Crippen molar-refractivity contribution in [3.8, 4) is 22.6 Å². The molecule has 0 radical (unpaired) electrons. The fourth-order valence-corrected chi connectivity index (χ4v) is 15.2. The van der Waals surface area contributed by atoms with E-state index in [9.17, 15) is 0 Å². The monoisotopic (exact) mass is 691 g/mol. The van der Waals surface area contributed by atoms with Gasteiger partial charge in [-0.05, 0) is 153 Å². The fourth-order valence-electron chi connectivity index (χ4n) is 15.2. The summed E-state index contributed by atoms with van der Waals surface area (Å²) in [6.45, 7) is 14.7. The van der Waals surface area contributed by atoms with Gasteiger partial charge in [0.15, 0.2) is 0 Å². The summed E-state index contributed by atoms with van der Waals surface area (Å²) in [5.74, 6) is 7.46. The maximum Gasteiger partial charge on any atom is 0.133 e. The number of fused-ring (bicyclic) bond motifs is 14. The minimum absolute atomic E-state index is 0.00188. The van der Waals surface area contributed by atoms with Crippen molar-refractivity contribution in [2.24, 2.45) is 40.9 Å². The first-order valence-electron chi connectivity index (χ1n) is 20.6. The van der Waals surface area contributed by atoms with E-state index in [-0.39, 0.29) is 21.7 Å². The molecule has 8 unspecified atom stereocenters. The van der Waals surface area contributed by atoms with Crippen molar-refractivity contribution in [3.05, 3.63) is 137 Å². The second-order valence-corrected chi connectivity index (χ2v) is 20.4. The summed E-state index contributed by atoms with van der Waals surface area (Å²) >= 11 is 0. The zero-order valence-electron chi connectivity index (χ0n) is 32.0. The van der Waals surface area contributed by atoms with Gasteiger partial charge >= 0.3 is 0 Å². The zero-order chi connectivity index (χ0) is 35.6. The van der Waals surface area contributed by atoms with Crippen LogP contribution in [0, 0.1) is 40.9 Å². The number of nitrogens with zero attached hydrogens (tertiary/aromatic N) is 1. The van der Waals surface area contributed by atoms with Crippen molar-refractivity contribution in [2.45, 2.75) is 88.9 Å². The van der Waals surface area contributed by atoms with Crippen LogP contribution in [-0.4, -0.2) is 0 Å². The number of anilines is 3. The molecular formula is C51H49NO. The van der Waals surface area contributed by atoms with Crippen molar-refractivity contribution in [2.75, 3.05) is 4.90 Å². The maximum absolute atomic E-state index is 7.05. The lowest BCUT2D eigenvalue weighted by Gasteiger charge is -2.74. The van der Waals surface area contributed by atoms with E-state index < -0.39 is 0 Å². The molecule has 5 fully saturated rings. The first-order valence-corrected chi connectivity index (χ1v) is 20.6. The van der Waals surface area contributed by atoms with Gasteiger partial charge in [-0.1, -0.05) is 102 Å². The van der Waals surface area contributed by atoms with E-state index in [0.717, 1.165) is 41.1 Å². The van der Waals surface area contributed by atoms with Gasteiger partial charge in [-0.15, -0.1) is 0 Å². The molecule has 2 nitrogen and oxygen atoms in total. The molecule has 2 spiro atoms. The fraction of sp³-hybridized carbons (Fsp3) is 0.412. The lowest BCUT2D eigenvalue weighted by atomic mass is 9.29. The highest BCUT2D eigenvalue weighted by molar-refractivity contribution is 5.88. The minimum Gasteiger partial charge on any atom is -0.457 e. The SMILES string of the molecule is CC1(C)CCC(C)(C)c2cc(N(c3ccc4c(c3)C(C)(C)c3ccccc3-4)c3cccc4c3C3(c5ccccc5O4)C4CC5CC46C4C5C4C36)ccc21. The first-order chi connectivity index (χ1) is 25.5. The standard InChI is InChI=1S/C51H49NO/c1-47(2)22-23-48(3,4)37-26-30(19-21-34(37)47)52(29-18-20-32-31-12-7-8-13-33(31)49(5,6)36(32)25-29)38-15-11-17-40-44(38)51(35-14-9-10-16-39(35)53-40)41-24-28-27-50(41)45-42(28)43(45)46(50)51/h7-21,25-26,28,41-43,45-46H,22-24,27H2,1-6H3. The molecule has 13 rings (SSSR count). The first kappa shape index (κ1) is 30.1. The minimum atomic E-state index is -0.0814. The van der Waals surface area contributed by atoms with Crippen LogP contribution < -0.4 is 9.64 Å². The van der Waals surface area contributed by atoms with Gasteiger partial charge in [-0.3, -0.25) is 0 Å². The maximum atomic E-state index is 7.05. The average molecular weight is 692 g/mol. The van der Waals surface area contributed by atoms with Crippen molar-refractivity contribution >= 4 is 17.1 Å². The third-order valence-electron chi connectivity index (χ3n) is 17.2. The Hall–Kier alpha value is -4.30. The van der Waals surface area contributed by atoms with E-state index in [1.165, 1.54) is 87.3 Å². The highest BCUT2D eigenvalue weighted by atomic mass is 16.5. The van der Waals surface area contributed by atoms with Crippen molar-refractivity contribution < 1.29 is 4.74 Å². The van der Waals surface area contributed by atoms with E-state index in [4.69, 9.17) is 4.74 Å². The van der Waals surface area contributed by atoms with Crippen LogP contribution >= 0.6 is 0 Å². The van der Waals surface area contributed by atoms with E-state index >= 15 is 0 Å². The van der Waals surface area contributed by atoms with Gasteiger partial charge in [0.1, 0.15) is 11.5 Å². The highest BCUT2D eigenvalue weighted by Crippen LogP contribution is 3.01.